The Balaban J connectivity index is 1.59. The van der Waals surface area contributed by atoms with E-state index in [0.29, 0.717) is 19.6 Å². The van der Waals surface area contributed by atoms with Crippen molar-refractivity contribution < 1.29 is 14.3 Å². The number of ether oxygens (including phenoxy) is 2. The van der Waals surface area contributed by atoms with E-state index < -0.39 is 0 Å². The Labute approximate surface area is 152 Å². The number of aryl methyl sites for hydroxylation is 1. The number of carbonyl (C=O) groups excluding carboxylic acids is 1. The minimum absolute atomic E-state index is 0.153. The zero-order chi connectivity index (χ0) is 17.9. The van der Waals surface area contributed by atoms with Crippen LogP contribution in [0.25, 0.3) is 32.3 Å². The number of esters is 1. The van der Waals surface area contributed by atoms with Crippen molar-refractivity contribution in [1.82, 2.24) is 0 Å². The van der Waals surface area contributed by atoms with Gasteiger partial charge in [0.2, 0.25) is 0 Å². The monoisotopic (exact) mass is 346 g/mol. The summed E-state index contributed by atoms with van der Waals surface area (Å²) in [4.78, 5) is 11.8. The van der Waals surface area contributed by atoms with Crippen LogP contribution in [0.3, 0.4) is 0 Å². The van der Waals surface area contributed by atoms with Crippen LogP contribution in [-0.2, 0) is 20.7 Å². The molecule has 0 aromatic heterocycles. The molecule has 3 heteroatoms. The molecule has 0 fully saturated rings. The maximum absolute atomic E-state index is 11.8. The normalized spacial score (nSPS) is 11.6. The van der Waals surface area contributed by atoms with Crippen molar-refractivity contribution in [2.24, 2.45) is 0 Å². The van der Waals surface area contributed by atoms with Crippen LogP contribution in [-0.4, -0.2) is 26.3 Å². The fourth-order valence-corrected chi connectivity index (χ4v) is 3.75. The van der Waals surface area contributed by atoms with Crippen LogP contribution in [0, 0.1) is 0 Å². The first kappa shape index (κ1) is 16.8. The Morgan fingerprint density at radius 1 is 0.846 bits per heavy atom. The highest BCUT2D eigenvalue weighted by atomic mass is 16.6. The summed E-state index contributed by atoms with van der Waals surface area (Å²) in [6, 6.07) is 19.6. The summed E-state index contributed by atoms with van der Waals surface area (Å²) in [5, 5.41) is 7.79. The molecule has 0 aliphatic carbocycles. The number of hydrogen-bond acceptors (Lipinski definition) is 3. The van der Waals surface area contributed by atoms with Crippen LogP contribution < -0.4 is 0 Å². The predicted molar refractivity (Wildman–Crippen MR) is 106 cm³/mol. The summed E-state index contributed by atoms with van der Waals surface area (Å²) in [5.41, 5.74) is 1.29. The van der Waals surface area contributed by atoms with Gasteiger partial charge in [-0.05, 0) is 50.7 Å². The molecule has 132 valence electrons. The Bertz CT molecular complexity index is 1040. The van der Waals surface area contributed by atoms with E-state index in [2.05, 4.69) is 54.6 Å². The molecule has 3 nitrogen and oxygen atoms in total. The van der Waals surface area contributed by atoms with E-state index in [4.69, 9.17) is 9.47 Å². The fraction of sp³-hybridized carbons (Fsp3) is 0.261. The predicted octanol–water partition coefficient (Wildman–Crippen LogP) is 5.10. The summed E-state index contributed by atoms with van der Waals surface area (Å²) in [5.74, 6) is -0.153. The van der Waals surface area contributed by atoms with Gasteiger partial charge in [-0.25, -0.2) is 0 Å². The third kappa shape index (κ3) is 3.11. The molecule has 0 heterocycles. The molecule has 26 heavy (non-hydrogen) atoms. The summed E-state index contributed by atoms with van der Waals surface area (Å²) < 4.78 is 10.0. The lowest BCUT2D eigenvalue weighted by atomic mass is 9.90. The van der Waals surface area contributed by atoms with E-state index in [-0.39, 0.29) is 5.97 Å². The van der Waals surface area contributed by atoms with Crippen LogP contribution in [0.1, 0.15) is 18.4 Å². The third-order valence-corrected chi connectivity index (χ3v) is 5.00. The van der Waals surface area contributed by atoms with Crippen molar-refractivity contribution in [3.05, 3.63) is 60.2 Å². The highest BCUT2D eigenvalue weighted by molar-refractivity contribution is 6.23. The molecule has 4 rings (SSSR count). The van der Waals surface area contributed by atoms with Gasteiger partial charge in [-0.1, -0.05) is 54.6 Å². The minimum atomic E-state index is -0.153. The van der Waals surface area contributed by atoms with Gasteiger partial charge in [-0.2, -0.15) is 0 Å². The first-order chi connectivity index (χ1) is 12.8. The lowest BCUT2D eigenvalue weighted by Gasteiger charge is -2.13. The number of hydrogen-bond donors (Lipinski definition) is 0. The van der Waals surface area contributed by atoms with E-state index in [1.54, 1.807) is 7.11 Å². The largest absolute Gasteiger partial charge is 0.463 e. The maximum atomic E-state index is 11.8. The van der Waals surface area contributed by atoms with Gasteiger partial charge in [0.05, 0.1) is 6.61 Å². The summed E-state index contributed by atoms with van der Waals surface area (Å²) in [6.45, 7) is 0.773. The van der Waals surface area contributed by atoms with Gasteiger partial charge in [-0.3, -0.25) is 4.79 Å². The average molecular weight is 346 g/mol. The van der Waals surface area contributed by atoms with Gasteiger partial charge in [0.1, 0.15) is 6.61 Å². The molecule has 0 unspecified atom stereocenters. The molecule has 4 aromatic rings. The van der Waals surface area contributed by atoms with Crippen molar-refractivity contribution in [2.45, 2.75) is 19.3 Å². The zero-order valence-electron chi connectivity index (χ0n) is 15.0. The van der Waals surface area contributed by atoms with E-state index in [9.17, 15) is 4.79 Å². The van der Waals surface area contributed by atoms with Gasteiger partial charge in [0.15, 0.2) is 0 Å². The number of benzene rings is 4. The standard InChI is InChI=1S/C23H22O3/c1-25-14-15-26-21(24)7-3-4-16-8-9-19-11-10-17-5-2-6-18-12-13-20(16)23(19)22(17)18/h2,5-6,8-13H,3-4,7,14-15H2,1H3. The zero-order valence-corrected chi connectivity index (χ0v) is 15.0. The molecule has 4 aromatic carbocycles. The van der Waals surface area contributed by atoms with Gasteiger partial charge in [0.25, 0.3) is 0 Å². The number of carbonyl (C=O) groups is 1. The Morgan fingerprint density at radius 2 is 1.54 bits per heavy atom. The summed E-state index contributed by atoms with van der Waals surface area (Å²) >= 11 is 0. The smallest absolute Gasteiger partial charge is 0.305 e. The Morgan fingerprint density at radius 3 is 2.31 bits per heavy atom. The summed E-state index contributed by atoms with van der Waals surface area (Å²) in [7, 11) is 1.60. The molecule has 0 saturated heterocycles. The Kier molecular flexibility index (Phi) is 4.72. The second kappa shape index (κ2) is 7.30. The highest BCUT2D eigenvalue weighted by Crippen LogP contribution is 2.36. The van der Waals surface area contributed by atoms with E-state index >= 15 is 0 Å². The molecule has 0 spiro atoms. The average Bonchev–Trinajstić information content (AvgIpc) is 2.67. The molecule has 0 atom stereocenters. The first-order valence-corrected chi connectivity index (χ1v) is 9.08. The van der Waals surface area contributed by atoms with Crippen molar-refractivity contribution in [1.29, 1.82) is 0 Å². The fourth-order valence-electron chi connectivity index (χ4n) is 3.75. The lowest BCUT2D eigenvalue weighted by Crippen LogP contribution is -2.09. The molecular weight excluding hydrogens is 324 g/mol. The van der Waals surface area contributed by atoms with E-state index in [1.807, 2.05) is 0 Å². The SMILES string of the molecule is COCCOC(=O)CCCc1ccc2ccc3cccc4ccc1c2c34. The minimum Gasteiger partial charge on any atom is -0.463 e. The molecule has 0 saturated carbocycles. The van der Waals surface area contributed by atoms with Gasteiger partial charge in [-0.15, -0.1) is 0 Å². The molecule has 0 amide bonds. The van der Waals surface area contributed by atoms with Crippen molar-refractivity contribution in [2.75, 3.05) is 20.3 Å². The lowest BCUT2D eigenvalue weighted by molar-refractivity contribution is -0.145. The van der Waals surface area contributed by atoms with Gasteiger partial charge >= 0.3 is 5.97 Å². The molecule has 0 aliphatic heterocycles. The van der Waals surface area contributed by atoms with Crippen LogP contribution in [0.15, 0.2) is 54.6 Å². The number of methoxy groups -OCH3 is 1. The third-order valence-electron chi connectivity index (χ3n) is 5.00. The number of rotatable bonds is 7. The molecule has 0 radical (unpaired) electrons. The molecular formula is C23H22O3. The highest BCUT2D eigenvalue weighted by Gasteiger charge is 2.11. The van der Waals surface area contributed by atoms with Crippen LogP contribution in [0.2, 0.25) is 0 Å². The van der Waals surface area contributed by atoms with E-state index in [1.165, 1.54) is 37.9 Å². The van der Waals surface area contributed by atoms with Gasteiger partial charge in [0, 0.05) is 13.5 Å². The van der Waals surface area contributed by atoms with Crippen molar-refractivity contribution >= 4 is 38.3 Å². The van der Waals surface area contributed by atoms with Crippen molar-refractivity contribution in [3.63, 3.8) is 0 Å². The summed E-state index contributed by atoms with van der Waals surface area (Å²) in [6.07, 6.45) is 2.09. The topological polar surface area (TPSA) is 35.5 Å². The second-order valence-electron chi connectivity index (χ2n) is 6.65. The van der Waals surface area contributed by atoms with Crippen molar-refractivity contribution in [3.8, 4) is 0 Å². The van der Waals surface area contributed by atoms with Crippen LogP contribution >= 0.6 is 0 Å². The first-order valence-electron chi connectivity index (χ1n) is 9.08. The van der Waals surface area contributed by atoms with Crippen LogP contribution in [0.5, 0.6) is 0 Å². The van der Waals surface area contributed by atoms with Crippen LogP contribution in [0.4, 0.5) is 0 Å². The Hall–Kier alpha value is -2.65. The molecule has 0 aliphatic rings. The molecule has 0 bridgehead atoms. The van der Waals surface area contributed by atoms with Gasteiger partial charge < -0.3 is 9.47 Å². The quantitative estimate of drug-likeness (QED) is 0.265. The van der Waals surface area contributed by atoms with E-state index in [0.717, 1.165) is 12.8 Å². The maximum Gasteiger partial charge on any atom is 0.305 e. The second-order valence-corrected chi connectivity index (χ2v) is 6.65. The molecule has 0 N–H and O–H groups in total.